The quantitative estimate of drug-likeness (QED) is 0.436. The first-order chi connectivity index (χ1) is 20.3. The zero-order valence-electron chi connectivity index (χ0n) is 24.7. The van der Waals surface area contributed by atoms with Gasteiger partial charge in [0.15, 0.2) is 11.5 Å². The molecule has 3 atom stereocenters. The number of amides is 2. The number of anilines is 1. The lowest BCUT2D eigenvalue weighted by Gasteiger charge is -2.38. The van der Waals surface area contributed by atoms with Crippen LogP contribution in [-0.4, -0.2) is 110 Å². The molecule has 0 unspecified atom stereocenters. The van der Waals surface area contributed by atoms with Crippen LogP contribution in [0.3, 0.4) is 0 Å². The molecular weight excluding hydrogens is 540 g/mol. The van der Waals surface area contributed by atoms with Crippen LogP contribution in [0.5, 0.6) is 17.2 Å². The predicted octanol–water partition coefficient (Wildman–Crippen LogP) is 2.43. The van der Waals surface area contributed by atoms with Crippen molar-refractivity contribution in [2.45, 2.75) is 39.0 Å². The molecule has 3 heterocycles. The molecule has 0 spiro atoms. The second-order valence-electron chi connectivity index (χ2n) is 11.5. The molecule has 1 fully saturated rings. The van der Waals surface area contributed by atoms with E-state index >= 15 is 0 Å². The van der Waals surface area contributed by atoms with Gasteiger partial charge in [-0.25, -0.2) is 0 Å². The van der Waals surface area contributed by atoms with Crippen molar-refractivity contribution in [2.75, 3.05) is 71.7 Å². The first kappa shape index (κ1) is 30.1. The number of ether oxygens (including phenoxy) is 4. The standard InChI is InChI=1S/C31H42N4O7/c1-21-16-35(22(2)19-36)31(38)25-15-24(32-30(37)8-9-34-10-12-39-13-11-34)5-7-26(25)42-29(21)18-33(3)17-23-4-6-27-28(14-23)41-20-40-27/h4-7,14-15,21-22,29,36H,8-13,16-20H2,1-3H3,(H,32,37)/t21-,22+,29-/m0/s1. The molecule has 11 heteroatoms. The molecule has 42 heavy (non-hydrogen) atoms. The summed E-state index contributed by atoms with van der Waals surface area (Å²) in [5.74, 6) is 1.63. The monoisotopic (exact) mass is 582 g/mol. The summed E-state index contributed by atoms with van der Waals surface area (Å²) in [7, 11) is 2.04. The smallest absolute Gasteiger partial charge is 0.258 e. The minimum Gasteiger partial charge on any atom is -0.488 e. The highest BCUT2D eigenvalue weighted by Gasteiger charge is 2.33. The lowest BCUT2D eigenvalue weighted by Crippen LogP contribution is -2.49. The van der Waals surface area contributed by atoms with Gasteiger partial charge in [0, 0.05) is 57.3 Å². The van der Waals surface area contributed by atoms with E-state index in [4.69, 9.17) is 18.9 Å². The normalized spacial score (nSPS) is 21.4. The van der Waals surface area contributed by atoms with E-state index in [9.17, 15) is 14.7 Å². The maximum absolute atomic E-state index is 13.7. The maximum atomic E-state index is 13.7. The number of aliphatic hydroxyl groups is 1. The Morgan fingerprint density at radius 2 is 1.88 bits per heavy atom. The Balaban J connectivity index is 1.30. The molecule has 3 aliphatic heterocycles. The van der Waals surface area contributed by atoms with Gasteiger partial charge in [0.1, 0.15) is 11.9 Å². The van der Waals surface area contributed by atoms with Gasteiger partial charge in [0.2, 0.25) is 12.7 Å². The SMILES string of the molecule is C[C@H](CO)N1C[C@H](C)[C@H](CN(C)Cc2ccc3c(c2)OCO3)Oc2ccc(NC(=O)CCN3CCOCC3)cc2C1=O. The Hall–Kier alpha value is -3.38. The number of benzene rings is 2. The van der Waals surface area contributed by atoms with Gasteiger partial charge in [-0.3, -0.25) is 19.4 Å². The Labute approximate surface area is 247 Å². The molecule has 0 aromatic heterocycles. The lowest BCUT2D eigenvalue weighted by atomic mass is 9.99. The molecule has 0 saturated carbocycles. The molecule has 1 saturated heterocycles. The Kier molecular flexibility index (Phi) is 9.84. The number of fused-ring (bicyclic) bond motifs is 2. The number of hydrogen-bond acceptors (Lipinski definition) is 9. The van der Waals surface area contributed by atoms with Gasteiger partial charge in [-0.05, 0) is 49.9 Å². The van der Waals surface area contributed by atoms with Crippen LogP contribution >= 0.6 is 0 Å². The highest BCUT2D eigenvalue weighted by molar-refractivity contribution is 6.00. The zero-order chi connectivity index (χ0) is 29.6. The van der Waals surface area contributed by atoms with Crippen molar-refractivity contribution in [3.63, 3.8) is 0 Å². The highest BCUT2D eigenvalue weighted by atomic mass is 16.7. The molecule has 3 aliphatic rings. The number of aliphatic hydroxyl groups excluding tert-OH is 1. The summed E-state index contributed by atoms with van der Waals surface area (Å²) in [5, 5.41) is 12.9. The lowest BCUT2D eigenvalue weighted by molar-refractivity contribution is -0.116. The van der Waals surface area contributed by atoms with E-state index in [0.717, 1.165) is 30.2 Å². The summed E-state index contributed by atoms with van der Waals surface area (Å²) in [6, 6.07) is 10.8. The number of carbonyl (C=O) groups excluding carboxylic acids is 2. The van der Waals surface area contributed by atoms with Gasteiger partial charge < -0.3 is 34.3 Å². The van der Waals surface area contributed by atoms with Gasteiger partial charge >= 0.3 is 0 Å². The Morgan fingerprint density at radius 1 is 1.12 bits per heavy atom. The van der Waals surface area contributed by atoms with Crippen LogP contribution in [0.1, 0.15) is 36.2 Å². The predicted molar refractivity (Wildman–Crippen MR) is 157 cm³/mol. The molecule has 5 rings (SSSR count). The molecule has 2 N–H and O–H groups in total. The third-order valence-corrected chi connectivity index (χ3v) is 8.09. The summed E-state index contributed by atoms with van der Waals surface area (Å²) >= 11 is 0. The van der Waals surface area contributed by atoms with Crippen molar-refractivity contribution < 1.29 is 33.6 Å². The fourth-order valence-corrected chi connectivity index (χ4v) is 5.55. The zero-order valence-corrected chi connectivity index (χ0v) is 24.7. The van der Waals surface area contributed by atoms with E-state index in [1.54, 1.807) is 23.1 Å². The molecular formula is C31H42N4O7. The number of rotatable bonds is 10. The fourth-order valence-electron chi connectivity index (χ4n) is 5.55. The van der Waals surface area contributed by atoms with Crippen molar-refractivity contribution in [1.82, 2.24) is 14.7 Å². The second-order valence-corrected chi connectivity index (χ2v) is 11.5. The second kappa shape index (κ2) is 13.7. The maximum Gasteiger partial charge on any atom is 0.258 e. The van der Waals surface area contributed by atoms with Gasteiger partial charge in [-0.1, -0.05) is 13.0 Å². The van der Waals surface area contributed by atoms with Gasteiger partial charge in [0.05, 0.1) is 31.4 Å². The minimum absolute atomic E-state index is 0.00475. The van der Waals surface area contributed by atoms with Crippen molar-refractivity contribution in [3.8, 4) is 17.2 Å². The number of likely N-dealkylation sites (N-methyl/N-ethyl adjacent to an activating group) is 1. The first-order valence-electron chi connectivity index (χ1n) is 14.7. The molecule has 0 aliphatic carbocycles. The Morgan fingerprint density at radius 3 is 2.67 bits per heavy atom. The Bertz CT molecular complexity index is 1250. The molecule has 11 nitrogen and oxygen atoms in total. The number of hydrogen-bond donors (Lipinski definition) is 2. The van der Waals surface area contributed by atoms with E-state index in [1.165, 1.54) is 0 Å². The van der Waals surface area contributed by atoms with E-state index in [1.807, 2.05) is 32.2 Å². The number of nitrogens with one attached hydrogen (secondary N) is 1. The van der Waals surface area contributed by atoms with E-state index in [0.29, 0.717) is 62.8 Å². The summed E-state index contributed by atoms with van der Waals surface area (Å²) in [6.45, 7) is 9.39. The highest BCUT2D eigenvalue weighted by Crippen LogP contribution is 2.33. The molecule has 0 radical (unpaired) electrons. The van der Waals surface area contributed by atoms with Crippen molar-refractivity contribution in [1.29, 1.82) is 0 Å². The average molecular weight is 583 g/mol. The van der Waals surface area contributed by atoms with Crippen LogP contribution in [0.2, 0.25) is 0 Å². The van der Waals surface area contributed by atoms with Gasteiger partial charge in [0.25, 0.3) is 5.91 Å². The molecule has 2 aromatic carbocycles. The largest absolute Gasteiger partial charge is 0.488 e. The topological polar surface area (TPSA) is 113 Å². The van der Waals surface area contributed by atoms with Crippen LogP contribution < -0.4 is 19.5 Å². The van der Waals surface area contributed by atoms with Crippen molar-refractivity contribution >= 4 is 17.5 Å². The van der Waals surface area contributed by atoms with Crippen LogP contribution in [-0.2, 0) is 16.1 Å². The summed E-state index contributed by atoms with van der Waals surface area (Å²) in [5.41, 5.74) is 2.01. The van der Waals surface area contributed by atoms with Crippen LogP contribution in [0, 0.1) is 5.92 Å². The molecule has 2 amide bonds. The third kappa shape index (κ3) is 7.33. The number of morpholine rings is 1. The summed E-state index contributed by atoms with van der Waals surface area (Å²) < 4.78 is 22.9. The number of nitrogens with zero attached hydrogens (tertiary/aromatic N) is 3. The van der Waals surface area contributed by atoms with E-state index < -0.39 is 0 Å². The van der Waals surface area contributed by atoms with E-state index in [2.05, 4.69) is 22.0 Å². The first-order valence-corrected chi connectivity index (χ1v) is 14.7. The van der Waals surface area contributed by atoms with Gasteiger partial charge in [-0.2, -0.15) is 0 Å². The van der Waals surface area contributed by atoms with Crippen LogP contribution in [0.15, 0.2) is 36.4 Å². The number of carbonyl (C=O) groups is 2. The average Bonchev–Trinajstić information content (AvgIpc) is 3.46. The molecule has 2 aromatic rings. The summed E-state index contributed by atoms with van der Waals surface area (Å²) in [4.78, 5) is 32.6. The van der Waals surface area contributed by atoms with Crippen LogP contribution in [0.4, 0.5) is 5.69 Å². The molecule has 0 bridgehead atoms. The van der Waals surface area contributed by atoms with Crippen molar-refractivity contribution in [3.05, 3.63) is 47.5 Å². The fraction of sp³-hybridized carbons (Fsp3) is 0.548. The summed E-state index contributed by atoms with van der Waals surface area (Å²) in [6.07, 6.45) is 0.128. The van der Waals surface area contributed by atoms with Crippen molar-refractivity contribution in [2.24, 2.45) is 5.92 Å². The molecule has 228 valence electrons. The minimum atomic E-state index is -0.371. The third-order valence-electron chi connectivity index (χ3n) is 8.09. The van der Waals surface area contributed by atoms with Gasteiger partial charge in [-0.15, -0.1) is 0 Å². The van der Waals surface area contributed by atoms with Crippen LogP contribution in [0.25, 0.3) is 0 Å². The van der Waals surface area contributed by atoms with E-state index in [-0.39, 0.29) is 43.3 Å².